The van der Waals surface area contributed by atoms with E-state index in [1.54, 1.807) is 12.1 Å². The van der Waals surface area contributed by atoms with Crippen LogP contribution in [0.25, 0.3) is 0 Å². The number of nitrogens with two attached hydrogens (primary N) is 1. The fraction of sp³-hybridized carbons (Fsp3) is 0.417. The number of nitriles is 1. The zero-order valence-electron chi connectivity index (χ0n) is 17.7. The monoisotopic (exact) mass is 405 g/mol. The van der Waals surface area contributed by atoms with Crippen LogP contribution < -0.4 is 15.4 Å². The maximum Gasteiger partial charge on any atom is 0.198 e. The number of ether oxygens (including phenoxy) is 1. The Bertz CT molecular complexity index is 857. The van der Waals surface area contributed by atoms with Gasteiger partial charge in [0.2, 0.25) is 0 Å². The summed E-state index contributed by atoms with van der Waals surface area (Å²) in [5.41, 5.74) is 8.39. The molecule has 6 nitrogen and oxygen atoms in total. The zero-order valence-corrected chi connectivity index (χ0v) is 17.7. The third kappa shape index (κ3) is 5.74. The smallest absolute Gasteiger partial charge is 0.198 e. The molecule has 1 fully saturated rings. The molecule has 1 atom stereocenters. The van der Waals surface area contributed by atoms with Crippen molar-refractivity contribution in [3.63, 3.8) is 0 Å². The minimum atomic E-state index is 0.448. The number of benzene rings is 2. The second-order valence-electron chi connectivity index (χ2n) is 7.90. The Kier molecular flexibility index (Phi) is 7.69. The van der Waals surface area contributed by atoms with E-state index in [1.807, 2.05) is 36.4 Å². The van der Waals surface area contributed by atoms with Crippen LogP contribution in [-0.2, 0) is 6.61 Å². The highest BCUT2D eigenvalue weighted by atomic mass is 16.5. The second-order valence-corrected chi connectivity index (χ2v) is 7.90. The standard InChI is InChI=1S/C24H31N5O/c1-19-4-2-14-28(17-19)24(27)29(15-3-13-25)22-9-11-23(12-10-22)30-18-21-7-5-20(16-26)6-8-21/h5-12,19,27H,2-4,13-15,17-18,25H2,1H3. The van der Waals surface area contributed by atoms with E-state index in [1.165, 1.54) is 6.42 Å². The lowest BCUT2D eigenvalue weighted by molar-refractivity contribution is 0.268. The quantitative estimate of drug-likeness (QED) is 0.538. The van der Waals surface area contributed by atoms with Gasteiger partial charge in [0.25, 0.3) is 0 Å². The topological polar surface area (TPSA) is 89.4 Å². The summed E-state index contributed by atoms with van der Waals surface area (Å²) in [5.74, 6) is 1.95. The SMILES string of the molecule is CC1CCCN(C(=N)N(CCCN)c2ccc(OCc3ccc(C#N)cc3)cc2)C1. The van der Waals surface area contributed by atoms with Gasteiger partial charge in [-0.1, -0.05) is 19.1 Å². The fourth-order valence-electron chi connectivity index (χ4n) is 3.72. The van der Waals surface area contributed by atoms with Crippen molar-refractivity contribution >= 4 is 11.6 Å². The predicted octanol–water partition coefficient (Wildman–Crippen LogP) is 3.96. The summed E-state index contributed by atoms with van der Waals surface area (Å²) in [7, 11) is 0. The van der Waals surface area contributed by atoms with Crippen LogP contribution in [0.4, 0.5) is 5.69 Å². The summed E-state index contributed by atoms with van der Waals surface area (Å²) < 4.78 is 5.89. The highest BCUT2D eigenvalue weighted by Crippen LogP contribution is 2.23. The Labute approximate surface area is 179 Å². The van der Waals surface area contributed by atoms with Gasteiger partial charge >= 0.3 is 0 Å². The van der Waals surface area contributed by atoms with Gasteiger partial charge in [0.15, 0.2) is 5.96 Å². The van der Waals surface area contributed by atoms with Crippen molar-refractivity contribution in [3.05, 3.63) is 59.7 Å². The third-order valence-electron chi connectivity index (χ3n) is 5.43. The number of rotatable bonds is 7. The molecule has 1 aliphatic rings. The number of nitrogens with one attached hydrogen (secondary N) is 1. The Morgan fingerprint density at radius 3 is 2.60 bits per heavy atom. The van der Waals surface area contributed by atoms with Crippen molar-refractivity contribution in [1.29, 1.82) is 10.7 Å². The summed E-state index contributed by atoms with van der Waals surface area (Å²) in [6, 6.07) is 17.4. The van der Waals surface area contributed by atoms with Gasteiger partial charge in [-0.15, -0.1) is 0 Å². The average Bonchev–Trinajstić information content (AvgIpc) is 2.79. The Morgan fingerprint density at radius 1 is 1.23 bits per heavy atom. The summed E-state index contributed by atoms with van der Waals surface area (Å²) in [6.45, 7) is 5.91. The van der Waals surface area contributed by atoms with Crippen LogP contribution >= 0.6 is 0 Å². The van der Waals surface area contributed by atoms with Gasteiger partial charge in [-0.3, -0.25) is 5.41 Å². The first-order chi connectivity index (χ1) is 14.6. The molecule has 0 spiro atoms. The van der Waals surface area contributed by atoms with Crippen LogP contribution in [-0.4, -0.2) is 37.0 Å². The largest absolute Gasteiger partial charge is 0.489 e. The van der Waals surface area contributed by atoms with Gasteiger partial charge in [0.05, 0.1) is 11.6 Å². The molecule has 0 saturated carbocycles. The van der Waals surface area contributed by atoms with Crippen LogP contribution in [0.1, 0.15) is 37.3 Å². The first-order valence-electron chi connectivity index (χ1n) is 10.6. The van der Waals surface area contributed by atoms with Crippen molar-refractivity contribution in [2.45, 2.75) is 32.8 Å². The fourth-order valence-corrected chi connectivity index (χ4v) is 3.72. The Morgan fingerprint density at radius 2 is 1.97 bits per heavy atom. The lowest BCUT2D eigenvalue weighted by Gasteiger charge is -2.38. The predicted molar refractivity (Wildman–Crippen MR) is 121 cm³/mol. The maximum absolute atomic E-state index is 8.89. The van der Waals surface area contributed by atoms with Crippen molar-refractivity contribution in [2.24, 2.45) is 11.7 Å². The van der Waals surface area contributed by atoms with Crippen LogP contribution in [0.5, 0.6) is 5.75 Å². The van der Waals surface area contributed by atoms with Gasteiger partial charge in [0.1, 0.15) is 12.4 Å². The molecule has 2 aromatic rings. The van der Waals surface area contributed by atoms with E-state index in [2.05, 4.69) is 22.8 Å². The van der Waals surface area contributed by atoms with E-state index in [4.69, 9.17) is 21.1 Å². The maximum atomic E-state index is 8.89. The minimum Gasteiger partial charge on any atom is -0.489 e. The number of likely N-dealkylation sites (tertiary alicyclic amines) is 1. The lowest BCUT2D eigenvalue weighted by Crippen LogP contribution is -2.48. The van der Waals surface area contributed by atoms with E-state index in [0.717, 1.165) is 49.5 Å². The summed E-state index contributed by atoms with van der Waals surface area (Å²) >= 11 is 0. The van der Waals surface area contributed by atoms with Gasteiger partial charge in [-0.05, 0) is 73.7 Å². The first-order valence-corrected chi connectivity index (χ1v) is 10.6. The molecule has 1 heterocycles. The molecule has 3 N–H and O–H groups in total. The number of guanidine groups is 1. The van der Waals surface area contributed by atoms with Crippen LogP contribution in [0.3, 0.4) is 0 Å². The van der Waals surface area contributed by atoms with E-state index in [-0.39, 0.29) is 0 Å². The molecule has 158 valence electrons. The average molecular weight is 406 g/mol. The van der Waals surface area contributed by atoms with E-state index >= 15 is 0 Å². The molecule has 0 bridgehead atoms. The molecule has 3 rings (SSSR count). The van der Waals surface area contributed by atoms with E-state index < -0.39 is 0 Å². The van der Waals surface area contributed by atoms with Crippen LogP contribution in [0.2, 0.25) is 0 Å². The molecule has 0 radical (unpaired) electrons. The normalized spacial score (nSPS) is 16.0. The summed E-state index contributed by atoms with van der Waals surface area (Å²) in [6.07, 6.45) is 3.21. The Balaban J connectivity index is 1.65. The van der Waals surface area contributed by atoms with Gasteiger partial charge in [0, 0.05) is 25.3 Å². The van der Waals surface area contributed by atoms with E-state index in [9.17, 15) is 0 Å². The van der Waals surface area contributed by atoms with Crippen LogP contribution in [0, 0.1) is 22.7 Å². The van der Waals surface area contributed by atoms with Gasteiger partial charge < -0.3 is 20.3 Å². The number of hydrogen-bond acceptors (Lipinski definition) is 4. The summed E-state index contributed by atoms with van der Waals surface area (Å²) in [5, 5.41) is 17.7. The zero-order chi connectivity index (χ0) is 21.3. The number of anilines is 1. The molecule has 2 aromatic carbocycles. The molecule has 0 aliphatic carbocycles. The van der Waals surface area contributed by atoms with Crippen molar-refractivity contribution in [3.8, 4) is 11.8 Å². The number of piperidine rings is 1. The van der Waals surface area contributed by atoms with Crippen molar-refractivity contribution in [1.82, 2.24) is 4.90 Å². The molecule has 0 aromatic heterocycles. The minimum absolute atomic E-state index is 0.448. The molecule has 1 unspecified atom stereocenters. The first kappa shape index (κ1) is 21.7. The molecule has 0 amide bonds. The van der Waals surface area contributed by atoms with E-state index in [0.29, 0.717) is 30.6 Å². The highest BCUT2D eigenvalue weighted by Gasteiger charge is 2.23. The molecule has 1 aliphatic heterocycles. The van der Waals surface area contributed by atoms with Crippen molar-refractivity contribution in [2.75, 3.05) is 31.1 Å². The number of hydrogen-bond donors (Lipinski definition) is 2. The van der Waals surface area contributed by atoms with Gasteiger partial charge in [-0.2, -0.15) is 5.26 Å². The summed E-state index contributed by atoms with van der Waals surface area (Å²) in [4.78, 5) is 4.23. The molecule has 6 heteroatoms. The second kappa shape index (κ2) is 10.7. The molecule has 1 saturated heterocycles. The molecular formula is C24H31N5O. The molecule has 30 heavy (non-hydrogen) atoms. The third-order valence-corrected chi connectivity index (χ3v) is 5.43. The number of nitrogens with zero attached hydrogens (tertiary/aromatic N) is 3. The molecular weight excluding hydrogens is 374 g/mol. The Hall–Kier alpha value is -3.04. The van der Waals surface area contributed by atoms with Crippen LogP contribution in [0.15, 0.2) is 48.5 Å². The lowest BCUT2D eigenvalue weighted by atomic mass is 10.0. The van der Waals surface area contributed by atoms with Gasteiger partial charge in [-0.25, -0.2) is 0 Å². The van der Waals surface area contributed by atoms with Crippen molar-refractivity contribution < 1.29 is 4.74 Å². The highest BCUT2D eigenvalue weighted by molar-refractivity contribution is 5.94.